The Hall–Kier alpha value is -0.390. The van der Waals surface area contributed by atoms with Crippen LogP contribution in [0.2, 0.25) is 0 Å². The van der Waals surface area contributed by atoms with Crippen LogP contribution in [-0.4, -0.2) is 28.8 Å². The molecule has 0 bridgehead atoms. The maximum absolute atomic E-state index is 12.5. The van der Waals surface area contributed by atoms with Crippen LogP contribution in [0.1, 0.15) is 12.8 Å². The predicted octanol–water partition coefficient (Wildman–Crippen LogP) is 0.0418. The zero-order valence-corrected chi connectivity index (χ0v) is 7.22. The largest absolute Gasteiger partial charge is 0.480 e. The first-order valence-electron chi connectivity index (χ1n) is 3.45. The zero-order valence-electron chi connectivity index (χ0n) is 6.46. The minimum atomic E-state index is -2.10. The van der Waals surface area contributed by atoms with Crippen molar-refractivity contribution in [2.24, 2.45) is 11.5 Å². The molecule has 72 valence electrons. The summed E-state index contributed by atoms with van der Waals surface area (Å²) in [6.45, 7) is 0.260. The third-order valence-electron chi connectivity index (χ3n) is 1.58. The molecule has 4 nitrogen and oxygen atoms in total. The van der Waals surface area contributed by atoms with Crippen LogP contribution in [-0.2, 0) is 4.79 Å². The second-order valence-electron chi connectivity index (χ2n) is 2.54. The fourth-order valence-electron chi connectivity index (χ4n) is 0.704. The summed E-state index contributed by atoms with van der Waals surface area (Å²) in [6, 6.07) is 0. The fourth-order valence-corrected chi connectivity index (χ4v) is 0.906. The van der Waals surface area contributed by atoms with E-state index in [4.69, 9.17) is 28.2 Å². The van der Waals surface area contributed by atoms with Gasteiger partial charge in [0.1, 0.15) is 0 Å². The maximum Gasteiger partial charge on any atom is 0.328 e. The molecule has 12 heavy (non-hydrogen) atoms. The highest BCUT2D eigenvalue weighted by Gasteiger charge is 2.41. The van der Waals surface area contributed by atoms with Gasteiger partial charge in [0.2, 0.25) is 5.63 Å². The molecule has 2 atom stereocenters. The minimum absolute atomic E-state index is 0.0660. The third kappa shape index (κ3) is 2.58. The summed E-state index contributed by atoms with van der Waals surface area (Å²) >= 11 is 5.00. The molecule has 0 spiro atoms. The molecule has 0 aromatic carbocycles. The van der Waals surface area contributed by atoms with E-state index in [2.05, 4.69) is 0 Å². The molecule has 6 heteroatoms. The molecule has 0 fully saturated rings. The SMILES string of the molecule is NCCC[C@](N)(C(=O)O)[C@@H](F)Cl. The molecule has 0 aliphatic heterocycles. The lowest BCUT2D eigenvalue weighted by atomic mass is 9.96. The van der Waals surface area contributed by atoms with E-state index in [0.717, 1.165) is 0 Å². The number of halogens is 2. The lowest BCUT2D eigenvalue weighted by Crippen LogP contribution is -2.54. The van der Waals surface area contributed by atoms with Gasteiger partial charge in [-0.3, -0.25) is 4.79 Å². The molecular weight excluding hydrogens is 187 g/mol. The second kappa shape index (κ2) is 4.59. The van der Waals surface area contributed by atoms with Crippen molar-refractivity contribution in [3.63, 3.8) is 0 Å². The Kier molecular flexibility index (Phi) is 4.44. The number of carbonyl (C=O) groups is 1. The van der Waals surface area contributed by atoms with Gasteiger partial charge in [-0.15, -0.1) is 0 Å². The Morgan fingerprint density at radius 3 is 2.50 bits per heavy atom. The first kappa shape index (κ1) is 11.6. The quantitative estimate of drug-likeness (QED) is 0.545. The standard InChI is InChI=1S/C6H12ClFN2O2/c7-4(8)6(10,5(11)12)2-1-3-9/h4H,1-3,9-10H2,(H,11,12)/t4-,6-/m1/s1. The molecule has 0 heterocycles. The topological polar surface area (TPSA) is 89.3 Å². The number of carboxylic acids is 1. The van der Waals surface area contributed by atoms with Gasteiger partial charge in [0, 0.05) is 0 Å². The van der Waals surface area contributed by atoms with E-state index in [1.165, 1.54) is 0 Å². The van der Waals surface area contributed by atoms with Gasteiger partial charge >= 0.3 is 5.97 Å². The summed E-state index contributed by atoms with van der Waals surface area (Å²) in [4.78, 5) is 10.5. The van der Waals surface area contributed by atoms with E-state index in [1.807, 2.05) is 0 Å². The molecular formula is C6H12ClFN2O2. The molecule has 0 saturated heterocycles. The van der Waals surface area contributed by atoms with Crippen molar-refractivity contribution < 1.29 is 14.3 Å². The highest BCUT2D eigenvalue weighted by molar-refractivity contribution is 6.22. The summed E-state index contributed by atoms with van der Waals surface area (Å²) in [6.07, 6.45) is 0.263. The lowest BCUT2D eigenvalue weighted by molar-refractivity contribution is -0.145. The summed E-state index contributed by atoms with van der Waals surface area (Å²) in [7, 11) is 0. The van der Waals surface area contributed by atoms with Crippen molar-refractivity contribution in [3.05, 3.63) is 0 Å². The molecule has 0 saturated carbocycles. The Bertz CT molecular complexity index is 168. The van der Waals surface area contributed by atoms with Crippen molar-refractivity contribution >= 4 is 17.6 Å². The van der Waals surface area contributed by atoms with E-state index < -0.39 is 17.1 Å². The first-order chi connectivity index (χ1) is 5.45. The van der Waals surface area contributed by atoms with Crippen molar-refractivity contribution in [3.8, 4) is 0 Å². The van der Waals surface area contributed by atoms with Crippen LogP contribution >= 0.6 is 11.6 Å². The number of carboxylic acid groups (broad SMARTS) is 1. The fraction of sp³-hybridized carbons (Fsp3) is 0.833. The van der Waals surface area contributed by atoms with Gasteiger partial charge in [-0.2, -0.15) is 0 Å². The lowest BCUT2D eigenvalue weighted by Gasteiger charge is -2.24. The van der Waals surface area contributed by atoms with Crippen LogP contribution < -0.4 is 11.5 Å². The highest BCUT2D eigenvalue weighted by atomic mass is 35.5. The van der Waals surface area contributed by atoms with E-state index >= 15 is 0 Å². The number of hydrogen-bond donors (Lipinski definition) is 3. The number of rotatable bonds is 5. The molecule has 0 aliphatic carbocycles. The molecule has 0 radical (unpaired) electrons. The van der Waals surface area contributed by atoms with Gasteiger partial charge in [0.15, 0.2) is 5.54 Å². The van der Waals surface area contributed by atoms with Gasteiger partial charge in [-0.1, -0.05) is 11.6 Å². The smallest absolute Gasteiger partial charge is 0.328 e. The second-order valence-corrected chi connectivity index (χ2v) is 2.92. The molecule has 0 aromatic heterocycles. The first-order valence-corrected chi connectivity index (χ1v) is 3.89. The average Bonchev–Trinajstić information content (AvgIpc) is 1.99. The Balaban J connectivity index is 4.29. The molecule has 0 amide bonds. The van der Waals surface area contributed by atoms with Crippen molar-refractivity contribution in [1.82, 2.24) is 0 Å². The number of aliphatic carboxylic acids is 1. The van der Waals surface area contributed by atoms with Crippen molar-refractivity contribution in [2.45, 2.75) is 24.0 Å². The van der Waals surface area contributed by atoms with Crippen LogP contribution in [0.5, 0.6) is 0 Å². The van der Waals surface area contributed by atoms with Crippen LogP contribution in [0.25, 0.3) is 0 Å². The Morgan fingerprint density at radius 1 is 1.75 bits per heavy atom. The summed E-state index contributed by atoms with van der Waals surface area (Å²) in [5.74, 6) is -1.45. The Morgan fingerprint density at radius 2 is 2.25 bits per heavy atom. The van der Waals surface area contributed by atoms with Crippen molar-refractivity contribution in [1.29, 1.82) is 0 Å². The molecule has 5 N–H and O–H groups in total. The van der Waals surface area contributed by atoms with Crippen molar-refractivity contribution in [2.75, 3.05) is 6.54 Å². The monoisotopic (exact) mass is 198 g/mol. The van der Waals surface area contributed by atoms with E-state index in [9.17, 15) is 9.18 Å². The molecule has 0 rings (SSSR count). The third-order valence-corrected chi connectivity index (χ3v) is 1.97. The normalized spacial score (nSPS) is 18.3. The van der Waals surface area contributed by atoms with Crippen LogP contribution in [0.4, 0.5) is 4.39 Å². The van der Waals surface area contributed by atoms with Gasteiger partial charge in [0.05, 0.1) is 0 Å². The Labute approximate surface area is 74.7 Å². The molecule has 0 unspecified atom stereocenters. The summed E-state index contributed by atoms with van der Waals surface area (Å²) < 4.78 is 12.5. The number of alkyl halides is 2. The number of nitrogens with two attached hydrogens (primary N) is 2. The van der Waals surface area contributed by atoms with Gasteiger partial charge in [-0.25, -0.2) is 4.39 Å². The molecule has 0 aromatic rings. The van der Waals surface area contributed by atoms with Gasteiger partial charge < -0.3 is 16.6 Å². The molecule has 0 aliphatic rings. The van der Waals surface area contributed by atoms with E-state index in [-0.39, 0.29) is 13.0 Å². The minimum Gasteiger partial charge on any atom is -0.480 e. The summed E-state index contributed by atoms with van der Waals surface area (Å²) in [5, 5.41) is 8.54. The summed E-state index contributed by atoms with van der Waals surface area (Å²) in [5.41, 5.74) is 6.22. The van der Waals surface area contributed by atoms with Crippen LogP contribution in [0, 0.1) is 0 Å². The van der Waals surface area contributed by atoms with Gasteiger partial charge in [-0.05, 0) is 19.4 Å². The average molecular weight is 199 g/mol. The van der Waals surface area contributed by atoms with Crippen LogP contribution in [0.3, 0.4) is 0 Å². The van der Waals surface area contributed by atoms with Gasteiger partial charge in [0.25, 0.3) is 0 Å². The van der Waals surface area contributed by atoms with E-state index in [0.29, 0.717) is 6.42 Å². The number of hydrogen-bond acceptors (Lipinski definition) is 3. The predicted molar refractivity (Wildman–Crippen MR) is 43.6 cm³/mol. The van der Waals surface area contributed by atoms with E-state index in [1.54, 1.807) is 0 Å². The zero-order chi connectivity index (χ0) is 9.78. The van der Waals surface area contributed by atoms with Crippen LogP contribution in [0.15, 0.2) is 0 Å². The maximum atomic E-state index is 12.5. The highest BCUT2D eigenvalue weighted by Crippen LogP contribution is 2.20.